The average Bonchev–Trinajstić information content (AvgIpc) is 3.01. The molecular formula is C17H23NO6. The van der Waals surface area contributed by atoms with Crippen molar-refractivity contribution in [2.75, 3.05) is 26.9 Å². The summed E-state index contributed by atoms with van der Waals surface area (Å²) in [5.41, 5.74) is 0.366. The highest BCUT2D eigenvalue weighted by atomic mass is 16.5. The van der Waals surface area contributed by atoms with E-state index in [9.17, 15) is 14.7 Å². The van der Waals surface area contributed by atoms with Crippen LogP contribution in [0.25, 0.3) is 0 Å². The Morgan fingerprint density at radius 1 is 1.21 bits per heavy atom. The summed E-state index contributed by atoms with van der Waals surface area (Å²) >= 11 is 0. The smallest absolute Gasteiger partial charge is 0.326 e. The predicted molar refractivity (Wildman–Crippen MR) is 86.7 cm³/mol. The fourth-order valence-corrected chi connectivity index (χ4v) is 2.78. The van der Waals surface area contributed by atoms with Crippen LogP contribution in [0.15, 0.2) is 18.2 Å². The maximum absolute atomic E-state index is 12.8. The maximum atomic E-state index is 12.8. The number of hydrogen-bond donors (Lipinski definition) is 1. The molecule has 132 valence electrons. The molecule has 1 fully saturated rings. The van der Waals surface area contributed by atoms with Crippen LogP contribution in [0.4, 0.5) is 0 Å². The van der Waals surface area contributed by atoms with Crippen molar-refractivity contribution < 1.29 is 28.9 Å². The van der Waals surface area contributed by atoms with Gasteiger partial charge in [0.1, 0.15) is 6.04 Å². The van der Waals surface area contributed by atoms with Crippen LogP contribution >= 0.6 is 0 Å². The first-order valence-corrected chi connectivity index (χ1v) is 7.98. The first kappa shape index (κ1) is 18.1. The summed E-state index contributed by atoms with van der Waals surface area (Å²) in [6.07, 6.45) is 0.0107. The molecule has 7 heteroatoms. The van der Waals surface area contributed by atoms with Crippen LogP contribution in [0.1, 0.15) is 30.6 Å². The lowest BCUT2D eigenvalue weighted by Crippen LogP contribution is -2.40. The molecule has 1 amide bonds. The average molecular weight is 337 g/mol. The van der Waals surface area contributed by atoms with Crippen LogP contribution in [0, 0.1) is 0 Å². The van der Waals surface area contributed by atoms with E-state index in [0.29, 0.717) is 30.3 Å². The van der Waals surface area contributed by atoms with Gasteiger partial charge < -0.3 is 24.2 Å². The van der Waals surface area contributed by atoms with Gasteiger partial charge in [-0.3, -0.25) is 4.79 Å². The monoisotopic (exact) mass is 337 g/mol. The normalized spacial score (nSPS) is 20.0. The second-order valence-electron chi connectivity index (χ2n) is 5.43. The maximum Gasteiger partial charge on any atom is 0.326 e. The van der Waals surface area contributed by atoms with Crippen molar-refractivity contribution in [3.63, 3.8) is 0 Å². The molecule has 1 N–H and O–H groups in total. The number of rotatable bonds is 7. The van der Waals surface area contributed by atoms with Gasteiger partial charge in [0.05, 0.1) is 19.3 Å². The van der Waals surface area contributed by atoms with E-state index in [0.717, 1.165) is 0 Å². The summed E-state index contributed by atoms with van der Waals surface area (Å²) in [6, 6.07) is 4.00. The van der Waals surface area contributed by atoms with E-state index in [2.05, 4.69) is 0 Å². The summed E-state index contributed by atoms with van der Waals surface area (Å²) in [5.74, 6) is -0.355. The Balaban J connectivity index is 2.27. The van der Waals surface area contributed by atoms with Crippen LogP contribution in [-0.4, -0.2) is 60.9 Å². The predicted octanol–water partition coefficient (Wildman–Crippen LogP) is 1.80. The third kappa shape index (κ3) is 3.79. The number of nitrogens with zero attached hydrogens (tertiary/aromatic N) is 1. The Hall–Kier alpha value is -2.28. The van der Waals surface area contributed by atoms with Gasteiger partial charge in [-0.25, -0.2) is 4.79 Å². The van der Waals surface area contributed by atoms with E-state index in [1.54, 1.807) is 18.2 Å². The molecular weight excluding hydrogens is 314 g/mol. The fourth-order valence-electron chi connectivity index (χ4n) is 2.78. The topological polar surface area (TPSA) is 85.3 Å². The van der Waals surface area contributed by atoms with Crippen LogP contribution in [0.3, 0.4) is 0 Å². The molecule has 7 nitrogen and oxygen atoms in total. The molecule has 2 rings (SSSR count). The largest absolute Gasteiger partial charge is 0.490 e. The minimum absolute atomic E-state index is 0.253. The van der Waals surface area contributed by atoms with Gasteiger partial charge in [0.15, 0.2) is 11.5 Å². The van der Waals surface area contributed by atoms with Crippen molar-refractivity contribution in [2.45, 2.75) is 32.4 Å². The van der Waals surface area contributed by atoms with E-state index in [1.165, 1.54) is 12.0 Å². The Kier molecular flexibility index (Phi) is 6.03. The zero-order chi connectivity index (χ0) is 17.7. The lowest BCUT2D eigenvalue weighted by Gasteiger charge is -2.22. The van der Waals surface area contributed by atoms with Crippen molar-refractivity contribution in [1.82, 2.24) is 4.90 Å². The first-order chi connectivity index (χ1) is 11.5. The van der Waals surface area contributed by atoms with Crippen LogP contribution in [0.2, 0.25) is 0 Å². The summed E-state index contributed by atoms with van der Waals surface area (Å²) in [7, 11) is 1.52. The molecule has 0 aromatic heterocycles. The minimum atomic E-state index is -1.03. The molecule has 0 radical (unpaired) electrons. The second-order valence-corrected chi connectivity index (χ2v) is 5.43. The summed E-state index contributed by atoms with van der Waals surface area (Å²) < 4.78 is 16.2. The number of carboxylic acid groups (broad SMARTS) is 1. The van der Waals surface area contributed by atoms with E-state index < -0.39 is 12.0 Å². The molecule has 1 aliphatic heterocycles. The number of aliphatic carboxylic acids is 1. The Morgan fingerprint density at radius 2 is 1.88 bits per heavy atom. The lowest BCUT2D eigenvalue weighted by atomic mass is 10.1. The first-order valence-electron chi connectivity index (χ1n) is 7.98. The highest BCUT2D eigenvalue weighted by molar-refractivity contribution is 5.97. The molecule has 1 aliphatic rings. The van der Waals surface area contributed by atoms with Gasteiger partial charge in [-0.1, -0.05) is 0 Å². The number of methoxy groups -OCH3 is 1. The number of carbonyl (C=O) groups is 2. The third-order valence-electron chi connectivity index (χ3n) is 3.93. The quantitative estimate of drug-likeness (QED) is 0.816. The summed E-state index contributed by atoms with van der Waals surface area (Å²) in [6.45, 7) is 4.88. The van der Waals surface area contributed by atoms with Crippen LogP contribution < -0.4 is 9.47 Å². The van der Waals surface area contributed by atoms with E-state index >= 15 is 0 Å². The van der Waals surface area contributed by atoms with Crippen molar-refractivity contribution in [3.8, 4) is 11.5 Å². The number of carbonyl (C=O) groups excluding carboxylic acids is 1. The number of amides is 1. The van der Waals surface area contributed by atoms with Gasteiger partial charge in [-0.15, -0.1) is 0 Å². The van der Waals surface area contributed by atoms with Crippen molar-refractivity contribution in [3.05, 3.63) is 23.8 Å². The summed E-state index contributed by atoms with van der Waals surface area (Å²) in [5, 5.41) is 9.35. The Morgan fingerprint density at radius 3 is 2.46 bits per heavy atom. The van der Waals surface area contributed by atoms with Gasteiger partial charge in [0, 0.05) is 25.6 Å². The molecule has 0 spiro atoms. The summed E-state index contributed by atoms with van der Waals surface area (Å²) in [4.78, 5) is 25.5. The highest BCUT2D eigenvalue weighted by Gasteiger charge is 2.40. The molecule has 1 aromatic rings. The minimum Gasteiger partial charge on any atom is -0.490 e. The molecule has 1 heterocycles. The van der Waals surface area contributed by atoms with E-state index in [-0.39, 0.29) is 25.0 Å². The van der Waals surface area contributed by atoms with Gasteiger partial charge in [0.2, 0.25) is 0 Å². The van der Waals surface area contributed by atoms with Crippen molar-refractivity contribution in [2.24, 2.45) is 0 Å². The van der Waals surface area contributed by atoms with Gasteiger partial charge in [-0.2, -0.15) is 0 Å². The molecule has 24 heavy (non-hydrogen) atoms. The van der Waals surface area contributed by atoms with E-state index in [4.69, 9.17) is 14.2 Å². The standard InChI is InChI=1S/C17H23NO6/c1-4-23-14-7-6-11(8-15(14)24-5-2)16(19)18-10-12(22-3)9-13(18)17(20)21/h6-8,12-13H,4-5,9-10H2,1-3H3,(H,20,21). The molecule has 0 saturated carbocycles. The zero-order valence-electron chi connectivity index (χ0n) is 14.2. The number of carboxylic acids is 1. The zero-order valence-corrected chi connectivity index (χ0v) is 14.2. The van der Waals surface area contributed by atoms with Gasteiger partial charge in [0.25, 0.3) is 5.91 Å². The van der Waals surface area contributed by atoms with Gasteiger partial charge in [-0.05, 0) is 32.0 Å². The molecule has 2 atom stereocenters. The van der Waals surface area contributed by atoms with Gasteiger partial charge >= 0.3 is 5.97 Å². The molecule has 0 aliphatic carbocycles. The number of ether oxygens (including phenoxy) is 3. The fraction of sp³-hybridized carbons (Fsp3) is 0.529. The SMILES string of the molecule is CCOc1ccc(C(=O)N2CC(OC)CC2C(=O)O)cc1OCC. The lowest BCUT2D eigenvalue weighted by molar-refractivity contribution is -0.141. The molecule has 0 bridgehead atoms. The van der Waals surface area contributed by atoms with Crippen molar-refractivity contribution >= 4 is 11.9 Å². The molecule has 1 aromatic carbocycles. The highest BCUT2D eigenvalue weighted by Crippen LogP contribution is 2.30. The number of likely N-dealkylation sites (tertiary alicyclic amines) is 1. The Labute approximate surface area is 141 Å². The Bertz CT molecular complexity index is 603. The number of hydrogen-bond acceptors (Lipinski definition) is 5. The molecule has 2 unspecified atom stereocenters. The van der Waals surface area contributed by atoms with Crippen molar-refractivity contribution in [1.29, 1.82) is 0 Å². The molecule has 1 saturated heterocycles. The van der Waals surface area contributed by atoms with Crippen LogP contribution in [0.5, 0.6) is 11.5 Å². The number of benzene rings is 1. The third-order valence-corrected chi connectivity index (χ3v) is 3.93. The van der Waals surface area contributed by atoms with E-state index in [1.807, 2.05) is 13.8 Å². The van der Waals surface area contributed by atoms with Crippen LogP contribution in [-0.2, 0) is 9.53 Å². The second kappa shape index (κ2) is 8.01.